The molecule has 1 amide bonds. The van der Waals surface area contributed by atoms with Crippen LogP contribution in [0.1, 0.15) is 21.0 Å². The van der Waals surface area contributed by atoms with Crippen LogP contribution >= 0.6 is 15.9 Å². The summed E-state index contributed by atoms with van der Waals surface area (Å²) in [7, 11) is 0. The second-order valence-corrected chi connectivity index (χ2v) is 5.03. The smallest absolute Gasteiger partial charge is 0.359 e. The Hall–Kier alpha value is -2.75. The first-order chi connectivity index (χ1) is 10.4. The number of carbonyl (C=O) groups excluding carboxylic acids is 1. The van der Waals surface area contributed by atoms with Gasteiger partial charge in [0.1, 0.15) is 6.54 Å². The summed E-state index contributed by atoms with van der Waals surface area (Å²) in [6, 6.07) is 6.72. The van der Waals surface area contributed by atoms with Gasteiger partial charge in [-0.2, -0.15) is 0 Å². The molecular weight excluding hydrogens is 360 g/mol. The molecule has 10 heteroatoms. The summed E-state index contributed by atoms with van der Waals surface area (Å²) in [5.41, 5.74) is -0.869. The van der Waals surface area contributed by atoms with Gasteiger partial charge in [0.05, 0.1) is 0 Å². The fourth-order valence-corrected chi connectivity index (χ4v) is 1.91. The molecule has 22 heavy (non-hydrogen) atoms. The average molecular weight is 369 g/mol. The Bertz CT molecular complexity index is 740. The minimum Gasteiger partial charge on any atom is -0.476 e. The van der Waals surface area contributed by atoms with E-state index in [9.17, 15) is 14.4 Å². The number of nitrogens with one attached hydrogen (secondary N) is 1. The third kappa shape index (κ3) is 3.47. The lowest BCUT2D eigenvalue weighted by atomic mass is 10.3. The fraction of sp³-hybridized carbons (Fsp3) is 0.0833. The third-order valence-corrected chi connectivity index (χ3v) is 3.09. The van der Waals surface area contributed by atoms with Gasteiger partial charge in [-0.1, -0.05) is 21.1 Å². The van der Waals surface area contributed by atoms with E-state index in [1.165, 1.54) is 0 Å². The summed E-state index contributed by atoms with van der Waals surface area (Å²) >= 11 is 3.25. The number of hydrogen-bond acceptors (Lipinski definition) is 5. The summed E-state index contributed by atoms with van der Waals surface area (Å²) in [5, 5.41) is 27.0. The van der Waals surface area contributed by atoms with E-state index in [0.29, 0.717) is 5.69 Å². The number of hydrogen-bond donors (Lipinski definition) is 3. The maximum atomic E-state index is 11.9. The van der Waals surface area contributed by atoms with Crippen molar-refractivity contribution in [3.63, 3.8) is 0 Å². The number of rotatable bonds is 5. The zero-order valence-corrected chi connectivity index (χ0v) is 12.4. The normalized spacial score (nSPS) is 10.2. The van der Waals surface area contributed by atoms with Crippen LogP contribution in [0, 0.1) is 0 Å². The van der Waals surface area contributed by atoms with E-state index in [4.69, 9.17) is 10.2 Å². The summed E-state index contributed by atoms with van der Waals surface area (Å²) in [6.45, 7) is -0.474. The van der Waals surface area contributed by atoms with E-state index in [0.717, 1.165) is 9.15 Å². The highest BCUT2D eigenvalue weighted by Gasteiger charge is 2.25. The van der Waals surface area contributed by atoms with Gasteiger partial charge in [-0.15, -0.1) is 5.10 Å². The molecule has 0 aliphatic rings. The number of aromatic carboxylic acids is 2. The summed E-state index contributed by atoms with van der Waals surface area (Å²) in [5.74, 6) is -3.62. The Labute approximate surface area is 131 Å². The quantitative estimate of drug-likeness (QED) is 0.718. The molecule has 114 valence electrons. The van der Waals surface area contributed by atoms with Crippen LogP contribution in [-0.2, 0) is 11.3 Å². The monoisotopic (exact) mass is 368 g/mol. The molecule has 3 N–H and O–H groups in total. The maximum absolute atomic E-state index is 11.9. The van der Waals surface area contributed by atoms with Crippen molar-refractivity contribution >= 4 is 39.5 Å². The van der Waals surface area contributed by atoms with Crippen molar-refractivity contribution in [2.75, 3.05) is 5.32 Å². The van der Waals surface area contributed by atoms with Gasteiger partial charge < -0.3 is 15.5 Å². The van der Waals surface area contributed by atoms with Gasteiger partial charge in [-0.25, -0.2) is 14.3 Å². The Morgan fingerprint density at radius 1 is 1.14 bits per heavy atom. The second-order valence-electron chi connectivity index (χ2n) is 4.11. The summed E-state index contributed by atoms with van der Waals surface area (Å²) in [4.78, 5) is 33.8. The molecule has 0 unspecified atom stereocenters. The van der Waals surface area contributed by atoms with Crippen LogP contribution in [0.5, 0.6) is 0 Å². The van der Waals surface area contributed by atoms with Gasteiger partial charge in [0.15, 0.2) is 5.69 Å². The molecule has 0 saturated carbocycles. The molecule has 0 aliphatic carbocycles. The topological polar surface area (TPSA) is 134 Å². The van der Waals surface area contributed by atoms with E-state index in [1.54, 1.807) is 24.3 Å². The van der Waals surface area contributed by atoms with Crippen molar-refractivity contribution in [3.8, 4) is 0 Å². The highest BCUT2D eigenvalue weighted by molar-refractivity contribution is 9.10. The van der Waals surface area contributed by atoms with Gasteiger partial charge >= 0.3 is 11.9 Å². The highest BCUT2D eigenvalue weighted by atomic mass is 79.9. The zero-order valence-electron chi connectivity index (χ0n) is 10.9. The number of aromatic nitrogens is 3. The van der Waals surface area contributed by atoms with Crippen LogP contribution < -0.4 is 5.32 Å². The Kier molecular flexibility index (Phi) is 4.51. The Morgan fingerprint density at radius 3 is 2.32 bits per heavy atom. The second kappa shape index (κ2) is 6.35. The van der Waals surface area contributed by atoms with E-state index in [-0.39, 0.29) is 0 Å². The number of benzene rings is 1. The number of carboxylic acids is 2. The third-order valence-electron chi connectivity index (χ3n) is 2.56. The van der Waals surface area contributed by atoms with Gasteiger partial charge in [0.25, 0.3) is 0 Å². The van der Waals surface area contributed by atoms with E-state index < -0.39 is 35.8 Å². The minimum absolute atomic E-state index is 0.474. The van der Waals surface area contributed by atoms with Crippen LogP contribution in [0.2, 0.25) is 0 Å². The molecule has 0 aliphatic heterocycles. The predicted octanol–water partition coefficient (Wildman–Crippen LogP) is 1.08. The summed E-state index contributed by atoms with van der Waals surface area (Å²) in [6.07, 6.45) is 0. The molecule has 0 radical (unpaired) electrons. The van der Waals surface area contributed by atoms with Crippen molar-refractivity contribution in [2.24, 2.45) is 0 Å². The summed E-state index contributed by atoms with van der Waals surface area (Å²) < 4.78 is 1.56. The molecule has 0 atom stereocenters. The molecule has 9 nitrogen and oxygen atoms in total. The van der Waals surface area contributed by atoms with Crippen molar-refractivity contribution in [1.29, 1.82) is 0 Å². The zero-order chi connectivity index (χ0) is 16.3. The largest absolute Gasteiger partial charge is 0.476 e. The lowest BCUT2D eigenvalue weighted by Crippen LogP contribution is -2.23. The molecule has 2 rings (SSSR count). The number of anilines is 1. The van der Waals surface area contributed by atoms with Crippen LogP contribution in [0.4, 0.5) is 5.69 Å². The Morgan fingerprint density at radius 2 is 1.77 bits per heavy atom. The number of amides is 1. The molecule has 1 aromatic carbocycles. The number of carbonyl (C=O) groups is 3. The number of halogens is 1. The van der Waals surface area contributed by atoms with Crippen molar-refractivity contribution < 1.29 is 24.6 Å². The van der Waals surface area contributed by atoms with Crippen LogP contribution in [0.3, 0.4) is 0 Å². The van der Waals surface area contributed by atoms with Crippen molar-refractivity contribution in [3.05, 3.63) is 40.1 Å². The maximum Gasteiger partial charge on any atom is 0.359 e. The van der Waals surface area contributed by atoms with Gasteiger partial charge in [0.2, 0.25) is 11.6 Å². The number of nitrogens with zero attached hydrogens (tertiary/aromatic N) is 3. The lowest BCUT2D eigenvalue weighted by molar-refractivity contribution is -0.116. The first-order valence-electron chi connectivity index (χ1n) is 5.84. The Balaban J connectivity index is 2.16. The molecule has 0 spiro atoms. The molecule has 1 heterocycles. The molecule has 0 fully saturated rings. The highest BCUT2D eigenvalue weighted by Crippen LogP contribution is 2.14. The first-order valence-corrected chi connectivity index (χ1v) is 6.63. The van der Waals surface area contributed by atoms with Crippen molar-refractivity contribution in [2.45, 2.75) is 6.54 Å². The van der Waals surface area contributed by atoms with Crippen LogP contribution in [-0.4, -0.2) is 43.1 Å². The van der Waals surface area contributed by atoms with Gasteiger partial charge in [0, 0.05) is 10.2 Å². The molecule has 0 saturated heterocycles. The SMILES string of the molecule is O=C(Cn1nnc(C(=O)O)c1C(=O)O)Nc1ccc(Br)cc1. The van der Waals surface area contributed by atoms with Gasteiger partial charge in [-0.05, 0) is 24.3 Å². The van der Waals surface area contributed by atoms with Crippen LogP contribution in [0.25, 0.3) is 0 Å². The predicted molar refractivity (Wildman–Crippen MR) is 76.7 cm³/mol. The van der Waals surface area contributed by atoms with Crippen molar-refractivity contribution in [1.82, 2.24) is 15.0 Å². The standard InChI is InChI=1S/C12H9BrN4O5/c13-6-1-3-7(4-2-6)14-8(18)5-17-10(12(21)22)9(11(19)20)15-16-17/h1-4H,5H2,(H,14,18)(H,19,20)(H,21,22). The molecule has 1 aromatic heterocycles. The molecule has 2 aromatic rings. The van der Waals surface area contributed by atoms with E-state index >= 15 is 0 Å². The molecular formula is C12H9BrN4O5. The van der Waals surface area contributed by atoms with Gasteiger partial charge in [-0.3, -0.25) is 4.79 Å². The average Bonchev–Trinajstić information content (AvgIpc) is 2.85. The number of carboxylic acid groups (broad SMARTS) is 2. The fourth-order valence-electron chi connectivity index (χ4n) is 1.65. The van der Waals surface area contributed by atoms with E-state index in [1.807, 2.05) is 0 Å². The lowest BCUT2D eigenvalue weighted by Gasteiger charge is -2.06. The van der Waals surface area contributed by atoms with Crippen LogP contribution in [0.15, 0.2) is 28.7 Å². The minimum atomic E-state index is -1.53. The van der Waals surface area contributed by atoms with E-state index in [2.05, 4.69) is 31.6 Å². The molecule has 0 bridgehead atoms. The first kappa shape index (κ1) is 15.6.